The first kappa shape index (κ1) is 12.7. The Morgan fingerprint density at radius 3 is 2.95 bits per heavy atom. The van der Waals surface area contributed by atoms with Crippen molar-refractivity contribution >= 4 is 5.69 Å². The molecular weight excluding hydrogens is 245 g/mol. The summed E-state index contributed by atoms with van der Waals surface area (Å²) in [7, 11) is 1.56. The van der Waals surface area contributed by atoms with Crippen LogP contribution in [0.3, 0.4) is 0 Å². The minimum atomic E-state index is -0.280. The largest absolute Gasteiger partial charge is 0.494 e. The Bertz CT molecular complexity index is 489. The quantitative estimate of drug-likeness (QED) is 0.911. The molecule has 3 atom stereocenters. The van der Waals surface area contributed by atoms with Gasteiger partial charge in [-0.1, -0.05) is 13.8 Å². The van der Waals surface area contributed by atoms with E-state index in [9.17, 15) is 4.39 Å². The molecule has 4 heteroatoms. The van der Waals surface area contributed by atoms with Crippen molar-refractivity contribution in [1.29, 1.82) is 0 Å². The number of benzene rings is 1. The van der Waals surface area contributed by atoms with Crippen molar-refractivity contribution in [3.63, 3.8) is 0 Å². The van der Waals surface area contributed by atoms with Gasteiger partial charge in [-0.05, 0) is 18.6 Å². The normalized spacial score (nSPS) is 31.5. The topological polar surface area (TPSA) is 30.5 Å². The van der Waals surface area contributed by atoms with E-state index in [1.54, 1.807) is 13.2 Å². The molecule has 1 saturated heterocycles. The fraction of sp³-hybridized carbons (Fsp3) is 0.600. The van der Waals surface area contributed by atoms with Crippen molar-refractivity contribution in [1.82, 2.24) is 0 Å². The van der Waals surface area contributed by atoms with E-state index in [0.29, 0.717) is 23.8 Å². The van der Waals surface area contributed by atoms with Crippen LogP contribution in [0.2, 0.25) is 0 Å². The lowest BCUT2D eigenvalue weighted by molar-refractivity contribution is -0.0923. The minimum absolute atomic E-state index is 0.0978. The van der Waals surface area contributed by atoms with Crippen LogP contribution in [0.25, 0.3) is 0 Å². The summed E-state index contributed by atoms with van der Waals surface area (Å²) in [6.07, 6.45) is 1.44. The monoisotopic (exact) mass is 265 g/mol. The van der Waals surface area contributed by atoms with E-state index in [0.717, 1.165) is 18.7 Å². The Kier molecular flexibility index (Phi) is 2.93. The molecule has 0 amide bonds. The van der Waals surface area contributed by atoms with Crippen LogP contribution in [0.1, 0.15) is 20.3 Å². The van der Waals surface area contributed by atoms with Gasteiger partial charge in [-0.3, -0.25) is 0 Å². The van der Waals surface area contributed by atoms with Gasteiger partial charge in [0.05, 0.1) is 18.9 Å². The zero-order valence-corrected chi connectivity index (χ0v) is 11.6. The summed E-state index contributed by atoms with van der Waals surface area (Å²) in [6, 6.07) is 4.96. The molecule has 104 valence electrons. The number of methoxy groups -OCH3 is 1. The maximum absolute atomic E-state index is 13.2. The van der Waals surface area contributed by atoms with E-state index >= 15 is 0 Å². The molecule has 1 aromatic carbocycles. The zero-order chi connectivity index (χ0) is 13.6. The first-order valence-corrected chi connectivity index (χ1v) is 6.75. The lowest BCUT2D eigenvalue weighted by atomic mass is 9.57. The summed E-state index contributed by atoms with van der Waals surface area (Å²) in [5.41, 5.74) is 0.952. The molecule has 2 fully saturated rings. The molecule has 0 aromatic heterocycles. The fourth-order valence-electron chi connectivity index (χ4n) is 3.57. The van der Waals surface area contributed by atoms with Gasteiger partial charge in [-0.2, -0.15) is 0 Å². The molecule has 0 bridgehead atoms. The highest BCUT2D eigenvalue weighted by molar-refractivity contribution is 5.58. The molecule has 2 aliphatic rings. The van der Waals surface area contributed by atoms with E-state index < -0.39 is 0 Å². The second kappa shape index (κ2) is 4.37. The van der Waals surface area contributed by atoms with E-state index in [2.05, 4.69) is 19.2 Å². The first-order chi connectivity index (χ1) is 9.04. The van der Waals surface area contributed by atoms with Crippen LogP contribution in [-0.4, -0.2) is 25.9 Å². The average Bonchev–Trinajstić information content (AvgIpc) is 2.83. The average molecular weight is 265 g/mol. The molecule has 3 nitrogen and oxygen atoms in total. The third-order valence-electron chi connectivity index (χ3n) is 4.58. The molecule has 1 aliphatic heterocycles. The predicted octanol–water partition coefficient (Wildman–Crippen LogP) is 3.06. The van der Waals surface area contributed by atoms with Crippen molar-refractivity contribution < 1.29 is 13.9 Å². The van der Waals surface area contributed by atoms with Gasteiger partial charge in [0.25, 0.3) is 0 Å². The number of nitrogens with one attached hydrogen (secondary N) is 1. The highest BCUT2D eigenvalue weighted by atomic mass is 19.1. The molecule has 3 rings (SSSR count). The standard InChI is InChI=1S/C15H20FNO2/c1-15(2)13(10-6-7-19-14(10)15)17-11-5-4-9(16)8-12(11)18-3/h4-5,8,10,13-14,17H,6-7H2,1-3H3. The molecule has 1 aliphatic carbocycles. The highest BCUT2D eigenvalue weighted by Crippen LogP contribution is 2.53. The Hall–Kier alpha value is -1.29. The van der Waals surface area contributed by atoms with Crippen LogP contribution >= 0.6 is 0 Å². The Morgan fingerprint density at radius 2 is 2.21 bits per heavy atom. The van der Waals surface area contributed by atoms with Gasteiger partial charge < -0.3 is 14.8 Å². The zero-order valence-electron chi connectivity index (χ0n) is 11.6. The number of anilines is 1. The van der Waals surface area contributed by atoms with Crippen LogP contribution in [0.5, 0.6) is 5.75 Å². The Labute approximate surface area is 113 Å². The summed E-state index contributed by atoms with van der Waals surface area (Å²) >= 11 is 0. The number of hydrogen-bond donors (Lipinski definition) is 1. The van der Waals surface area contributed by atoms with Gasteiger partial charge in [0, 0.05) is 30.0 Å². The SMILES string of the molecule is COc1cc(F)ccc1NC1C2CCOC2C1(C)C. The van der Waals surface area contributed by atoms with Crippen LogP contribution in [-0.2, 0) is 4.74 Å². The van der Waals surface area contributed by atoms with Crippen molar-refractivity contribution in [2.45, 2.75) is 32.4 Å². The van der Waals surface area contributed by atoms with E-state index in [-0.39, 0.29) is 11.2 Å². The van der Waals surface area contributed by atoms with Gasteiger partial charge in [0.1, 0.15) is 11.6 Å². The summed E-state index contributed by atoms with van der Waals surface area (Å²) in [6.45, 7) is 5.28. The second-order valence-corrected chi connectivity index (χ2v) is 6.03. The molecule has 1 N–H and O–H groups in total. The molecule has 0 spiro atoms. The molecule has 3 unspecified atom stereocenters. The molecule has 0 radical (unpaired) electrons. The van der Waals surface area contributed by atoms with Crippen molar-refractivity contribution in [3.05, 3.63) is 24.0 Å². The highest BCUT2D eigenvalue weighted by Gasteiger charge is 2.59. The number of fused-ring (bicyclic) bond motifs is 1. The van der Waals surface area contributed by atoms with Crippen LogP contribution in [0.15, 0.2) is 18.2 Å². The van der Waals surface area contributed by atoms with Gasteiger partial charge in [-0.15, -0.1) is 0 Å². The fourth-order valence-corrected chi connectivity index (χ4v) is 3.57. The van der Waals surface area contributed by atoms with Gasteiger partial charge in [0.2, 0.25) is 0 Å². The maximum Gasteiger partial charge on any atom is 0.144 e. The van der Waals surface area contributed by atoms with Gasteiger partial charge in [0.15, 0.2) is 0 Å². The molecule has 1 saturated carbocycles. The van der Waals surface area contributed by atoms with Crippen molar-refractivity contribution in [3.8, 4) is 5.75 Å². The van der Waals surface area contributed by atoms with Crippen LogP contribution in [0.4, 0.5) is 10.1 Å². The van der Waals surface area contributed by atoms with Crippen molar-refractivity contribution in [2.24, 2.45) is 11.3 Å². The lowest BCUT2D eigenvalue weighted by Crippen LogP contribution is -2.63. The molecule has 1 heterocycles. The van der Waals surface area contributed by atoms with E-state index in [1.807, 2.05) is 0 Å². The van der Waals surface area contributed by atoms with E-state index in [1.165, 1.54) is 12.1 Å². The van der Waals surface area contributed by atoms with E-state index in [4.69, 9.17) is 9.47 Å². The lowest BCUT2D eigenvalue weighted by Gasteiger charge is -2.55. The summed E-state index contributed by atoms with van der Waals surface area (Å²) < 4.78 is 24.2. The third-order valence-corrected chi connectivity index (χ3v) is 4.58. The Balaban J connectivity index is 1.82. The number of rotatable bonds is 3. The molecular formula is C15H20FNO2. The predicted molar refractivity (Wildman–Crippen MR) is 72.0 cm³/mol. The number of ether oxygens (including phenoxy) is 2. The number of halogens is 1. The smallest absolute Gasteiger partial charge is 0.144 e. The summed E-state index contributed by atoms with van der Waals surface area (Å²) in [4.78, 5) is 0. The summed E-state index contributed by atoms with van der Waals surface area (Å²) in [5.74, 6) is 0.820. The molecule has 19 heavy (non-hydrogen) atoms. The van der Waals surface area contributed by atoms with Gasteiger partial charge in [-0.25, -0.2) is 4.39 Å². The number of hydrogen-bond acceptors (Lipinski definition) is 3. The summed E-state index contributed by atoms with van der Waals surface area (Å²) in [5, 5.41) is 3.52. The van der Waals surface area contributed by atoms with Crippen LogP contribution < -0.4 is 10.1 Å². The van der Waals surface area contributed by atoms with Crippen molar-refractivity contribution in [2.75, 3.05) is 19.0 Å². The van der Waals surface area contributed by atoms with Gasteiger partial charge >= 0.3 is 0 Å². The maximum atomic E-state index is 13.2. The first-order valence-electron chi connectivity index (χ1n) is 6.75. The second-order valence-electron chi connectivity index (χ2n) is 6.03. The Morgan fingerprint density at radius 1 is 1.42 bits per heavy atom. The molecule has 1 aromatic rings. The minimum Gasteiger partial charge on any atom is -0.494 e. The third kappa shape index (κ3) is 1.89. The van der Waals surface area contributed by atoms with Crippen LogP contribution in [0, 0.1) is 17.2 Å².